The topological polar surface area (TPSA) is 101 Å². The van der Waals surface area contributed by atoms with Crippen molar-refractivity contribution < 1.29 is 27.6 Å². The summed E-state index contributed by atoms with van der Waals surface area (Å²) in [5.41, 5.74) is 0.154. The van der Waals surface area contributed by atoms with Gasteiger partial charge in [-0.05, 0) is 19.1 Å². The van der Waals surface area contributed by atoms with Crippen LogP contribution in [0, 0.1) is 0 Å². The smallest absolute Gasteiger partial charge is 0.338 e. The van der Waals surface area contributed by atoms with Crippen molar-refractivity contribution >= 4 is 22.2 Å². The lowest BCUT2D eigenvalue weighted by atomic mass is 10.2. The fourth-order valence-electron chi connectivity index (χ4n) is 1.21. The minimum absolute atomic E-state index is 0.00435. The lowest BCUT2D eigenvalue weighted by molar-refractivity contribution is -0.130. The molecule has 0 bridgehead atoms. The van der Waals surface area contributed by atoms with Crippen LogP contribution in [-0.4, -0.2) is 24.0 Å². The summed E-state index contributed by atoms with van der Waals surface area (Å²) in [5.74, 6) is -2.20. The Morgan fingerprint density at radius 3 is 2.42 bits per heavy atom. The number of aromatic hydroxyl groups is 1. The van der Waals surface area contributed by atoms with Crippen molar-refractivity contribution in [1.29, 1.82) is 0 Å². The van der Waals surface area contributed by atoms with E-state index in [2.05, 4.69) is 13.2 Å². The molecule has 0 aliphatic heterocycles. The van der Waals surface area contributed by atoms with Crippen molar-refractivity contribution in [3.8, 4) is 11.5 Å². The van der Waals surface area contributed by atoms with E-state index in [9.17, 15) is 18.3 Å². The Kier molecular flexibility index (Phi) is 4.13. The molecule has 7 heteroatoms. The quantitative estimate of drug-likeness (QED) is 0.378. The van der Waals surface area contributed by atoms with Gasteiger partial charge in [0.1, 0.15) is 4.90 Å². The molecule has 0 aliphatic rings. The molecule has 6 nitrogen and oxygen atoms in total. The molecule has 2 N–H and O–H groups in total. The first-order valence-electron chi connectivity index (χ1n) is 5.02. The Labute approximate surface area is 110 Å². The monoisotopic (exact) mass is 284 g/mol. The van der Waals surface area contributed by atoms with Gasteiger partial charge >= 0.3 is 5.97 Å². The first kappa shape index (κ1) is 14.9. The Morgan fingerprint density at radius 1 is 1.42 bits per heavy atom. The minimum atomic E-state index is -4.65. The predicted molar refractivity (Wildman–Crippen MR) is 68.5 cm³/mol. The van der Waals surface area contributed by atoms with Crippen LogP contribution in [0.5, 0.6) is 11.5 Å². The Bertz CT molecular complexity index is 657. The second kappa shape index (κ2) is 5.25. The van der Waals surface area contributed by atoms with Crippen molar-refractivity contribution in [2.24, 2.45) is 0 Å². The van der Waals surface area contributed by atoms with Crippen LogP contribution in [0.4, 0.5) is 0 Å². The van der Waals surface area contributed by atoms with Gasteiger partial charge in [-0.1, -0.05) is 19.2 Å². The van der Waals surface area contributed by atoms with Gasteiger partial charge in [0.2, 0.25) is 0 Å². The summed E-state index contributed by atoms with van der Waals surface area (Å²) in [6, 6.07) is 2.21. The van der Waals surface area contributed by atoms with Gasteiger partial charge in [0.25, 0.3) is 10.1 Å². The number of ether oxygens (including phenoxy) is 1. The third-order valence-electron chi connectivity index (χ3n) is 2.17. The lowest BCUT2D eigenvalue weighted by Gasteiger charge is -2.11. The molecule has 0 heterocycles. The highest BCUT2D eigenvalue weighted by Gasteiger charge is 2.24. The molecule has 0 amide bonds. The van der Waals surface area contributed by atoms with Crippen molar-refractivity contribution in [1.82, 2.24) is 0 Å². The molecule has 1 rings (SSSR count). The molecule has 19 heavy (non-hydrogen) atoms. The molecule has 0 aromatic heterocycles. The molecule has 1 aromatic rings. The highest BCUT2D eigenvalue weighted by Crippen LogP contribution is 2.37. The molecular weight excluding hydrogens is 272 g/mol. The lowest BCUT2D eigenvalue weighted by Crippen LogP contribution is -2.12. The SMILES string of the molecule is C=Cc1ccc(S(=O)(=O)O)c(OC(=O)C(=C)C)c1O. The number of carbonyl (C=O) groups excluding carboxylic acids is 1. The van der Waals surface area contributed by atoms with Gasteiger partial charge in [-0.3, -0.25) is 4.55 Å². The zero-order valence-corrected chi connectivity index (χ0v) is 10.9. The van der Waals surface area contributed by atoms with Crippen LogP contribution in [-0.2, 0) is 14.9 Å². The van der Waals surface area contributed by atoms with E-state index in [1.165, 1.54) is 19.1 Å². The second-order valence-electron chi connectivity index (χ2n) is 3.68. The second-order valence-corrected chi connectivity index (χ2v) is 5.07. The highest BCUT2D eigenvalue weighted by atomic mass is 32.2. The summed E-state index contributed by atoms with van der Waals surface area (Å²) in [6.07, 6.45) is 1.24. The van der Waals surface area contributed by atoms with Crippen molar-refractivity contribution in [2.45, 2.75) is 11.8 Å². The van der Waals surface area contributed by atoms with E-state index in [0.717, 1.165) is 6.07 Å². The van der Waals surface area contributed by atoms with Crippen LogP contribution in [0.15, 0.2) is 35.8 Å². The molecule has 0 spiro atoms. The first-order valence-corrected chi connectivity index (χ1v) is 6.46. The number of hydrogen-bond acceptors (Lipinski definition) is 5. The molecular formula is C12H12O6S. The van der Waals surface area contributed by atoms with Crippen molar-refractivity contribution in [3.63, 3.8) is 0 Å². The van der Waals surface area contributed by atoms with Crippen LogP contribution in [0.3, 0.4) is 0 Å². The van der Waals surface area contributed by atoms with E-state index >= 15 is 0 Å². The zero-order valence-electron chi connectivity index (χ0n) is 10.1. The summed E-state index contributed by atoms with van der Waals surface area (Å²) in [6.45, 7) is 8.09. The number of benzene rings is 1. The molecule has 1 aromatic carbocycles. The number of hydrogen-bond donors (Lipinski definition) is 2. The molecule has 102 valence electrons. The summed E-state index contributed by atoms with van der Waals surface area (Å²) >= 11 is 0. The van der Waals surface area contributed by atoms with E-state index < -0.39 is 32.5 Å². The van der Waals surface area contributed by atoms with Gasteiger partial charge < -0.3 is 9.84 Å². The minimum Gasteiger partial charge on any atom is -0.504 e. The molecule has 0 unspecified atom stereocenters. The maximum absolute atomic E-state index is 11.4. The molecule has 0 saturated heterocycles. The van der Waals surface area contributed by atoms with Crippen LogP contribution in [0.1, 0.15) is 12.5 Å². The fourth-order valence-corrected chi connectivity index (χ4v) is 1.83. The van der Waals surface area contributed by atoms with Crippen LogP contribution < -0.4 is 4.74 Å². The summed E-state index contributed by atoms with van der Waals surface area (Å²) in [4.78, 5) is 10.7. The van der Waals surface area contributed by atoms with Gasteiger partial charge in [-0.15, -0.1) is 0 Å². The van der Waals surface area contributed by atoms with E-state index in [0.29, 0.717) is 0 Å². The van der Waals surface area contributed by atoms with Gasteiger partial charge in [0, 0.05) is 11.1 Å². The maximum atomic E-state index is 11.4. The zero-order chi connectivity index (χ0) is 14.8. The van der Waals surface area contributed by atoms with Crippen LogP contribution >= 0.6 is 0 Å². The molecule has 0 aliphatic carbocycles. The van der Waals surface area contributed by atoms with Crippen LogP contribution in [0.2, 0.25) is 0 Å². The first-order chi connectivity index (χ1) is 8.68. The van der Waals surface area contributed by atoms with E-state index in [-0.39, 0.29) is 11.1 Å². The number of esters is 1. The van der Waals surface area contributed by atoms with E-state index in [1.807, 2.05) is 0 Å². The van der Waals surface area contributed by atoms with Crippen molar-refractivity contribution in [2.75, 3.05) is 0 Å². The normalized spacial score (nSPS) is 10.8. The standard InChI is InChI=1S/C12H12O6S/c1-4-8-5-6-9(19(15,16)17)11(10(8)13)18-12(14)7(2)3/h4-6,13H,1-2H2,3H3,(H,15,16,17). The third-order valence-corrected chi connectivity index (χ3v) is 3.04. The summed E-state index contributed by atoms with van der Waals surface area (Å²) in [5, 5.41) is 9.81. The number of carbonyl (C=O) groups is 1. The Morgan fingerprint density at radius 2 is 2.00 bits per heavy atom. The molecule has 0 fully saturated rings. The van der Waals surface area contributed by atoms with E-state index in [4.69, 9.17) is 9.29 Å². The maximum Gasteiger partial charge on any atom is 0.338 e. The summed E-state index contributed by atoms with van der Waals surface area (Å²) < 4.78 is 36.1. The average molecular weight is 284 g/mol. The van der Waals surface area contributed by atoms with Gasteiger partial charge in [0.05, 0.1) is 0 Å². The molecule has 0 saturated carbocycles. The molecule has 0 atom stereocenters. The number of phenolic OH excluding ortho intramolecular Hbond substituents is 1. The van der Waals surface area contributed by atoms with Crippen molar-refractivity contribution in [3.05, 3.63) is 36.4 Å². The average Bonchev–Trinajstić information content (AvgIpc) is 2.29. The number of phenols is 1. The van der Waals surface area contributed by atoms with Gasteiger partial charge in [-0.2, -0.15) is 8.42 Å². The fraction of sp³-hybridized carbons (Fsp3) is 0.0833. The number of rotatable bonds is 4. The summed E-state index contributed by atoms with van der Waals surface area (Å²) in [7, 11) is -4.65. The molecule has 0 radical (unpaired) electrons. The third kappa shape index (κ3) is 3.21. The van der Waals surface area contributed by atoms with Gasteiger partial charge in [-0.25, -0.2) is 4.79 Å². The highest BCUT2D eigenvalue weighted by molar-refractivity contribution is 7.86. The van der Waals surface area contributed by atoms with E-state index in [1.54, 1.807) is 0 Å². The Hall–Kier alpha value is -2.12. The van der Waals surface area contributed by atoms with Crippen LogP contribution in [0.25, 0.3) is 6.08 Å². The predicted octanol–water partition coefficient (Wildman–Crippen LogP) is 1.76. The van der Waals surface area contributed by atoms with Gasteiger partial charge in [0.15, 0.2) is 11.5 Å². The Balaban J connectivity index is 3.52. The largest absolute Gasteiger partial charge is 0.504 e.